The molecule has 82 valence electrons. The molecule has 0 saturated heterocycles. The molecule has 1 aromatic rings. The van der Waals surface area contributed by atoms with Crippen molar-refractivity contribution in [3.05, 3.63) is 83.9 Å². The van der Waals surface area contributed by atoms with E-state index in [9.17, 15) is 0 Å². The van der Waals surface area contributed by atoms with Gasteiger partial charge in [-0.2, -0.15) is 0 Å². The van der Waals surface area contributed by atoms with Crippen molar-refractivity contribution in [1.29, 1.82) is 0 Å². The van der Waals surface area contributed by atoms with E-state index in [1.165, 1.54) is 5.57 Å². The largest absolute Gasteiger partial charge is 0.353 e. The van der Waals surface area contributed by atoms with Gasteiger partial charge in [0.05, 0.1) is 11.4 Å². The summed E-state index contributed by atoms with van der Waals surface area (Å²) in [4.78, 5) is 4.34. The molecule has 17 heavy (non-hydrogen) atoms. The lowest BCUT2D eigenvalue weighted by Crippen LogP contribution is -2.14. The highest BCUT2D eigenvalue weighted by molar-refractivity contribution is 5.68. The van der Waals surface area contributed by atoms with Gasteiger partial charge >= 0.3 is 0 Å². The van der Waals surface area contributed by atoms with Gasteiger partial charge in [-0.25, -0.2) is 0 Å². The van der Waals surface area contributed by atoms with Gasteiger partial charge in [-0.15, -0.1) is 0 Å². The fourth-order valence-corrected chi connectivity index (χ4v) is 1.86. The first-order valence-corrected chi connectivity index (χ1v) is 5.59. The van der Waals surface area contributed by atoms with Gasteiger partial charge in [0.2, 0.25) is 0 Å². The van der Waals surface area contributed by atoms with Crippen LogP contribution >= 0.6 is 0 Å². The Kier molecular flexibility index (Phi) is 2.47. The molecule has 0 fully saturated rings. The van der Waals surface area contributed by atoms with E-state index in [1.807, 2.05) is 42.5 Å². The Morgan fingerprint density at radius 1 is 0.941 bits per heavy atom. The fraction of sp³-hybridized carbons (Fsp3) is 0. The summed E-state index contributed by atoms with van der Waals surface area (Å²) in [5.41, 5.74) is 4.30. The molecule has 1 aliphatic carbocycles. The van der Waals surface area contributed by atoms with Crippen LogP contribution in [0.15, 0.2) is 78.2 Å². The Balaban J connectivity index is 1.93. The highest BCUT2D eigenvalue weighted by atomic mass is 14.9. The quantitative estimate of drug-likeness (QED) is 0.787. The normalized spacial score (nSPS) is 17.3. The summed E-state index contributed by atoms with van der Waals surface area (Å²) >= 11 is 0. The number of aromatic nitrogens is 1. The third kappa shape index (κ3) is 1.97. The average molecular weight is 220 g/mol. The first-order chi connectivity index (χ1) is 8.43. The Morgan fingerprint density at radius 2 is 1.82 bits per heavy atom. The van der Waals surface area contributed by atoms with Gasteiger partial charge in [0.1, 0.15) is 0 Å². The van der Waals surface area contributed by atoms with Crippen molar-refractivity contribution in [3.8, 4) is 0 Å². The number of nitrogens with one attached hydrogen (secondary N) is 1. The molecule has 3 rings (SSSR count). The number of pyridine rings is 1. The van der Waals surface area contributed by atoms with Gasteiger partial charge in [-0.3, -0.25) is 4.98 Å². The van der Waals surface area contributed by atoms with Crippen molar-refractivity contribution in [2.75, 3.05) is 0 Å². The minimum absolute atomic E-state index is 0.959. The molecular weight excluding hydrogens is 208 g/mol. The molecular formula is C15H12N2. The minimum Gasteiger partial charge on any atom is -0.353 e. The van der Waals surface area contributed by atoms with Crippen molar-refractivity contribution in [2.24, 2.45) is 0 Å². The molecule has 0 atom stereocenters. The standard InChI is InChI=1S/C15H12N2/c1-2-7-12(6-1)13-9-5-10-15(17-13)14-8-3-4-11-16-14/h1-11,17H. The van der Waals surface area contributed by atoms with Crippen molar-refractivity contribution in [2.45, 2.75) is 0 Å². The Hall–Kier alpha value is -2.35. The van der Waals surface area contributed by atoms with Gasteiger partial charge in [0, 0.05) is 11.9 Å². The molecule has 1 aromatic heterocycles. The molecule has 0 amide bonds. The molecule has 2 nitrogen and oxygen atoms in total. The van der Waals surface area contributed by atoms with Gasteiger partial charge in [0.25, 0.3) is 0 Å². The van der Waals surface area contributed by atoms with Crippen LogP contribution in [-0.4, -0.2) is 4.98 Å². The number of hydrogen-bond acceptors (Lipinski definition) is 2. The SMILES string of the molecule is C1=CC(=C2C=CC=C(c3ccccn3)N2)C=C1. The van der Waals surface area contributed by atoms with Crippen LogP contribution in [0.1, 0.15) is 5.69 Å². The lowest BCUT2D eigenvalue weighted by Gasteiger charge is -2.15. The van der Waals surface area contributed by atoms with E-state index in [0.29, 0.717) is 0 Å². The lowest BCUT2D eigenvalue weighted by molar-refractivity contribution is 1.08. The van der Waals surface area contributed by atoms with Crippen molar-refractivity contribution >= 4 is 5.70 Å². The highest BCUT2D eigenvalue weighted by Gasteiger charge is 2.09. The number of nitrogens with zero attached hydrogens (tertiary/aromatic N) is 1. The second-order valence-electron chi connectivity index (χ2n) is 3.87. The van der Waals surface area contributed by atoms with E-state index in [4.69, 9.17) is 0 Å². The van der Waals surface area contributed by atoms with Crippen LogP contribution in [0.5, 0.6) is 0 Å². The summed E-state index contributed by atoms with van der Waals surface area (Å²) in [6, 6.07) is 5.91. The minimum atomic E-state index is 0.959. The molecule has 2 heterocycles. The van der Waals surface area contributed by atoms with E-state index < -0.39 is 0 Å². The smallest absolute Gasteiger partial charge is 0.0864 e. The monoisotopic (exact) mass is 220 g/mol. The maximum atomic E-state index is 4.34. The maximum Gasteiger partial charge on any atom is 0.0864 e. The van der Waals surface area contributed by atoms with Gasteiger partial charge in [0.15, 0.2) is 0 Å². The van der Waals surface area contributed by atoms with Crippen molar-refractivity contribution < 1.29 is 0 Å². The number of dihydropyridines is 1. The Labute approximate surface area is 100 Å². The second-order valence-corrected chi connectivity index (χ2v) is 3.87. The van der Waals surface area contributed by atoms with Gasteiger partial charge in [-0.1, -0.05) is 36.4 Å². The molecule has 0 radical (unpaired) electrons. The van der Waals surface area contributed by atoms with Crippen LogP contribution in [0.4, 0.5) is 0 Å². The Morgan fingerprint density at radius 3 is 2.59 bits per heavy atom. The average Bonchev–Trinajstić information content (AvgIpc) is 2.94. The summed E-state index contributed by atoms with van der Waals surface area (Å²) in [7, 11) is 0. The maximum absolute atomic E-state index is 4.34. The second kappa shape index (κ2) is 4.26. The molecule has 1 aliphatic heterocycles. The Bertz CT molecular complexity index is 558. The van der Waals surface area contributed by atoms with E-state index >= 15 is 0 Å². The molecule has 0 spiro atoms. The molecule has 1 N–H and O–H groups in total. The van der Waals surface area contributed by atoms with E-state index in [0.717, 1.165) is 17.1 Å². The third-order valence-electron chi connectivity index (χ3n) is 2.71. The van der Waals surface area contributed by atoms with Crippen LogP contribution in [0, 0.1) is 0 Å². The molecule has 2 aliphatic rings. The van der Waals surface area contributed by atoms with Crippen LogP contribution in [0.3, 0.4) is 0 Å². The number of rotatable bonds is 1. The molecule has 0 bridgehead atoms. The summed E-state index contributed by atoms with van der Waals surface area (Å²) in [5, 5.41) is 3.40. The molecule has 2 heteroatoms. The number of hydrogen-bond donors (Lipinski definition) is 1. The fourth-order valence-electron chi connectivity index (χ4n) is 1.86. The van der Waals surface area contributed by atoms with Crippen LogP contribution in [0.25, 0.3) is 5.70 Å². The first kappa shape index (κ1) is 9.85. The molecule has 0 aromatic carbocycles. The topological polar surface area (TPSA) is 24.9 Å². The van der Waals surface area contributed by atoms with E-state index in [1.54, 1.807) is 6.20 Å². The van der Waals surface area contributed by atoms with E-state index in [2.05, 4.69) is 28.5 Å². The lowest BCUT2D eigenvalue weighted by atomic mass is 10.1. The third-order valence-corrected chi connectivity index (χ3v) is 2.71. The first-order valence-electron chi connectivity index (χ1n) is 5.59. The van der Waals surface area contributed by atoms with Gasteiger partial charge in [-0.05, 0) is 29.9 Å². The number of allylic oxidation sites excluding steroid dienone is 8. The zero-order chi connectivity index (χ0) is 11.5. The predicted octanol–water partition coefficient (Wildman–Crippen LogP) is 2.96. The summed E-state index contributed by atoms with van der Waals surface area (Å²) in [5.74, 6) is 0. The molecule has 0 saturated carbocycles. The van der Waals surface area contributed by atoms with Crippen LogP contribution < -0.4 is 5.32 Å². The van der Waals surface area contributed by atoms with Crippen LogP contribution in [0.2, 0.25) is 0 Å². The molecule has 0 unspecified atom stereocenters. The summed E-state index contributed by atoms with van der Waals surface area (Å²) in [6.07, 6.45) is 16.2. The van der Waals surface area contributed by atoms with E-state index in [-0.39, 0.29) is 0 Å². The highest BCUT2D eigenvalue weighted by Crippen LogP contribution is 2.20. The predicted molar refractivity (Wildman–Crippen MR) is 69.8 cm³/mol. The van der Waals surface area contributed by atoms with Crippen molar-refractivity contribution in [1.82, 2.24) is 10.3 Å². The zero-order valence-electron chi connectivity index (χ0n) is 9.30. The van der Waals surface area contributed by atoms with Gasteiger partial charge < -0.3 is 5.32 Å². The summed E-state index contributed by atoms with van der Waals surface area (Å²) in [6.45, 7) is 0. The van der Waals surface area contributed by atoms with Crippen LogP contribution in [-0.2, 0) is 0 Å². The zero-order valence-corrected chi connectivity index (χ0v) is 9.30. The van der Waals surface area contributed by atoms with Crippen molar-refractivity contribution in [3.63, 3.8) is 0 Å². The summed E-state index contributed by atoms with van der Waals surface area (Å²) < 4.78 is 0.